The Morgan fingerprint density at radius 3 is 2.52 bits per heavy atom. The summed E-state index contributed by atoms with van der Waals surface area (Å²) in [5.74, 6) is 0.521. The van der Waals surface area contributed by atoms with Crippen molar-refractivity contribution in [3.05, 3.63) is 45.9 Å². The maximum atomic E-state index is 12.4. The topological polar surface area (TPSA) is 88.6 Å². The number of thiazole rings is 1. The third-order valence-electron chi connectivity index (χ3n) is 4.43. The number of rotatable bonds is 6. The van der Waals surface area contributed by atoms with Crippen LogP contribution in [0.3, 0.4) is 0 Å². The predicted molar refractivity (Wildman–Crippen MR) is 105 cm³/mol. The van der Waals surface area contributed by atoms with Crippen molar-refractivity contribution < 1.29 is 17.9 Å². The lowest BCUT2D eigenvalue weighted by Gasteiger charge is -2.30. The van der Waals surface area contributed by atoms with Crippen LogP contribution in [0.15, 0.2) is 29.6 Å². The highest BCUT2D eigenvalue weighted by molar-refractivity contribution is 7.88. The molecular formula is C18H23N3O4S2. The lowest BCUT2D eigenvalue weighted by atomic mass is 10.1. The van der Waals surface area contributed by atoms with Gasteiger partial charge in [0.2, 0.25) is 10.0 Å². The molecule has 1 amide bonds. The molecule has 7 nitrogen and oxygen atoms in total. The van der Waals surface area contributed by atoms with Crippen molar-refractivity contribution in [3.63, 3.8) is 0 Å². The highest BCUT2D eigenvalue weighted by Crippen LogP contribution is 2.17. The first kappa shape index (κ1) is 19.8. The van der Waals surface area contributed by atoms with Gasteiger partial charge in [0, 0.05) is 30.1 Å². The van der Waals surface area contributed by atoms with E-state index in [1.165, 1.54) is 10.6 Å². The van der Waals surface area contributed by atoms with Crippen LogP contribution < -0.4 is 10.1 Å². The van der Waals surface area contributed by atoms with Crippen LogP contribution in [0.4, 0.5) is 0 Å². The van der Waals surface area contributed by atoms with E-state index in [2.05, 4.69) is 10.3 Å². The molecule has 0 aliphatic carbocycles. The van der Waals surface area contributed by atoms with Gasteiger partial charge >= 0.3 is 0 Å². The summed E-state index contributed by atoms with van der Waals surface area (Å²) in [7, 11) is -3.16. The number of hydrogen-bond donors (Lipinski definition) is 1. The van der Waals surface area contributed by atoms with Crippen LogP contribution in [0.2, 0.25) is 0 Å². The Bertz CT molecular complexity index is 886. The van der Waals surface area contributed by atoms with Crippen molar-refractivity contribution in [2.24, 2.45) is 0 Å². The average molecular weight is 410 g/mol. The molecule has 1 aromatic heterocycles. The van der Waals surface area contributed by atoms with Crippen molar-refractivity contribution in [1.82, 2.24) is 14.6 Å². The van der Waals surface area contributed by atoms with Gasteiger partial charge in [-0.1, -0.05) is 0 Å². The number of ether oxygens (including phenoxy) is 1. The number of benzene rings is 1. The van der Waals surface area contributed by atoms with Crippen molar-refractivity contribution >= 4 is 27.3 Å². The summed E-state index contributed by atoms with van der Waals surface area (Å²) in [5.41, 5.74) is 1.44. The monoisotopic (exact) mass is 409 g/mol. The Morgan fingerprint density at radius 1 is 1.30 bits per heavy atom. The maximum absolute atomic E-state index is 12.4. The molecule has 1 aliphatic heterocycles. The van der Waals surface area contributed by atoms with Crippen molar-refractivity contribution in [2.75, 3.05) is 19.3 Å². The SMILES string of the molecule is Cc1nc(COc2ccc(C(=O)NC3CCN(S(C)(=O)=O)CC3)cc2)cs1. The van der Waals surface area contributed by atoms with Gasteiger partial charge in [-0.15, -0.1) is 11.3 Å². The van der Waals surface area contributed by atoms with E-state index in [-0.39, 0.29) is 11.9 Å². The number of hydrogen-bond acceptors (Lipinski definition) is 6. The Kier molecular flexibility index (Phi) is 6.13. The minimum atomic E-state index is -3.16. The van der Waals surface area contributed by atoms with Crippen LogP contribution >= 0.6 is 11.3 Å². The summed E-state index contributed by atoms with van der Waals surface area (Å²) in [6.45, 7) is 3.22. The molecule has 1 fully saturated rings. The standard InChI is InChI=1S/C18H23N3O4S2/c1-13-19-16(12-26-13)11-25-17-5-3-14(4-6-17)18(22)20-15-7-9-21(10-8-15)27(2,23)24/h3-6,12,15H,7-11H2,1-2H3,(H,20,22). The van der Waals surface area contributed by atoms with E-state index in [1.54, 1.807) is 35.6 Å². The largest absolute Gasteiger partial charge is 0.487 e. The van der Waals surface area contributed by atoms with Crippen molar-refractivity contribution in [3.8, 4) is 5.75 Å². The zero-order chi connectivity index (χ0) is 19.4. The summed E-state index contributed by atoms with van der Waals surface area (Å²) in [6.07, 6.45) is 2.45. The molecular weight excluding hydrogens is 386 g/mol. The average Bonchev–Trinajstić information content (AvgIpc) is 3.05. The second kappa shape index (κ2) is 8.37. The fourth-order valence-electron chi connectivity index (χ4n) is 2.93. The number of amides is 1. The normalized spacial score (nSPS) is 16.2. The van der Waals surface area contributed by atoms with Crippen molar-refractivity contribution in [1.29, 1.82) is 0 Å². The zero-order valence-electron chi connectivity index (χ0n) is 15.3. The van der Waals surface area contributed by atoms with Crippen LogP contribution in [0.5, 0.6) is 5.75 Å². The minimum absolute atomic E-state index is 0.0145. The highest BCUT2D eigenvalue weighted by Gasteiger charge is 2.25. The Labute approximate surface area is 163 Å². The van der Waals surface area contributed by atoms with Crippen LogP contribution in [-0.2, 0) is 16.6 Å². The van der Waals surface area contributed by atoms with Crippen LogP contribution in [0.25, 0.3) is 0 Å². The van der Waals surface area contributed by atoms with Gasteiger partial charge in [0.25, 0.3) is 5.91 Å². The third-order valence-corrected chi connectivity index (χ3v) is 6.55. The van der Waals surface area contributed by atoms with Gasteiger partial charge in [-0.3, -0.25) is 4.79 Å². The number of sulfonamides is 1. The molecule has 0 saturated carbocycles. The number of aromatic nitrogens is 1. The van der Waals surface area contributed by atoms with E-state index in [1.807, 2.05) is 12.3 Å². The summed E-state index contributed by atoms with van der Waals surface area (Å²) >= 11 is 1.58. The molecule has 2 aromatic rings. The lowest BCUT2D eigenvalue weighted by molar-refractivity contribution is 0.0924. The molecule has 0 bridgehead atoms. The molecule has 0 spiro atoms. The van der Waals surface area contributed by atoms with Gasteiger partial charge in [0.15, 0.2) is 0 Å². The number of nitrogens with one attached hydrogen (secondary N) is 1. The van der Waals surface area contributed by atoms with Crippen LogP contribution in [0, 0.1) is 6.92 Å². The van der Waals surface area contributed by atoms with Crippen LogP contribution in [-0.4, -0.2) is 49.0 Å². The van der Waals surface area contributed by atoms with E-state index in [0.717, 1.165) is 10.7 Å². The summed E-state index contributed by atoms with van der Waals surface area (Å²) in [6, 6.07) is 6.96. The van der Waals surface area contributed by atoms with Gasteiger partial charge in [-0.25, -0.2) is 17.7 Å². The Hall–Kier alpha value is -1.97. The highest BCUT2D eigenvalue weighted by atomic mass is 32.2. The number of carbonyl (C=O) groups excluding carboxylic acids is 1. The predicted octanol–water partition coefficient (Wildman–Crippen LogP) is 2.18. The summed E-state index contributed by atoms with van der Waals surface area (Å²) in [4.78, 5) is 16.7. The number of piperidine rings is 1. The first-order valence-corrected chi connectivity index (χ1v) is 11.4. The molecule has 27 heavy (non-hydrogen) atoms. The second-order valence-corrected chi connectivity index (χ2v) is 9.63. The van der Waals surface area contributed by atoms with Crippen molar-refractivity contribution in [2.45, 2.75) is 32.4 Å². The molecule has 1 aromatic carbocycles. The van der Waals surface area contributed by atoms with Gasteiger partial charge in [-0.2, -0.15) is 0 Å². The molecule has 0 atom stereocenters. The Morgan fingerprint density at radius 2 is 1.96 bits per heavy atom. The molecule has 0 radical (unpaired) electrons. The molecule has 1 aliphatic rings. The first-order chi connectivity index (χ1) is 12.8. The van der Waals surface area contributed by atoms with E-state index in [4.69, 9.17) is 4.74 Å². The number of aryl methyl sites for hydroxylation is 1. The minimum Gasteiger partial charge on any atom is -0.487 e. The van der Waals surface area contributed by atoms with Crippen LogP contribution in [0.1, 0.15) is 33.9 Å². The summed E-state index contributed by atoms with van der Waals surface area (Å²) < 4.78 is 30.2. The fraction of sp³-hybridized carbons (Fsp3) is 0.444. The quantitative estimate of drug-likeness (QED) is 0.790. The lowest BCUT2D eigenvalue weighted by Crippen LogP contribution is -2.46. The fourth-order valence-corrected chi connectivity index (χ4v) is 4.41. The Balaban J connectivity index is 1.49. The molecule has 1 N–H and O–H groups in total. The molecule has 3 rings (SSSR count). The first-order valence-electron chi connectivity index (χ1n) is 8.71. The molecule has 2 heterocycles. The van der Waals surface area contributed by atoms with E-state index >= 15 is 0 Å². The maximum Gasteiger partial charge on any atom is 0.251 e. The van der Waals surface area contributed by atoms with E-state index < -0.39 is 10.0 Å². The molecule has 9 heteroatoms. The van der Waals surface area contributed by atoms with Gasteiger partial charge in [-0.05, 0) is 44.0 Å². The van der Waals surface area contributed by atoms with Gasteiger partial charge in [0.05, 0.1) is 17.0 Å². The second-order valence-electron chi connectivity index (χ2n) is 6.58. The number of nitrogens with zero attached hydrogens (tertiary/aromatic N) is 2. The van der Waals surface area contributed by atoms with Gasteiger partial charge in [0.1, 0.15) is 12.4 Å². The molecule has 0 unspecified atom stereocenters. The number of carbonyl (C=O) groups is 1. The molecule has 146 valence electrons. The van der Waals surface area contributed by atoms with E-state index in [0.29, 0.717) is 43.9 Å². The van der Waals surface area contributed by atoms with Gasteiger partial charge < -0.3 is 10.1 Å². The van der Waals surface area contributed by atoms with E-state index in [9.17, 15) is 13.2 Å². The zero-order valence-corrected chi connectivity index (χ0v) is 17.0. The molecule has 1 saturated heterocycles. The smallest absolute Gasteiger partial charge is 0.251 e. The third kappa shape index (κ3) is 5.50. The summed E-state index contributed by atoms with van der Waals surface area (Å²) in [5, 5.41) is 5.94.